The average Bonchev–Trinajstić information content (AvgIpc) is 2.59. The van der Waals surface area contributed by atoms with E-state index in [4.69, 9.17) is 0 Å². The van der Waals surface area contributed by atoms with Crippen LogP contribution in [0.1, 0.15) is 11.1 Å². The molecular formula is C20H14O2. The van der Waals surface area contributed by atoms with Crippen LogP contribution in [-0.2, 0) is 0 Å². The number of benzene rings is 2. The van der Waals surface area contributed by atoms with Crippen LogP contribution in [-0.4, -0.2) is 0 Å². The van der Waals surface area contributed by atoms with Gasteiger partial charge in [0.05, 0.1) is 0 Å². The second kappa shape index (κ2) is 5.41. The maximum atomic E-state index is 12.0. The second-order valence-corrected chi connectivity index (χ2v) is 5.06. The lowest BCUT2D eigenvalue weighted by Gasteiger charge is -2.12. The van der Waals surface area contributed by atoms with Crippen LogP contribution in [0.25, 0.3) is 34.4 Å². The van der Waals surface area contributed by atoms with Crippen molar-refractivity contribution in [3.63, 3.8) is 0 Å². The molecule has 0 aliphatic carbocycles. The average molecular weight is 286 g/mol. The number of hydrogen-bond acceptors (Lipinski definition) is 2. The molecule has 2 nitrogen and oxygen atoms in total. The molecule has 3 aromatic carbocycles. The molecule has 0 N–H and O–H groups in total. The van der Waals surface area contributed by atoms with E-state index in [0.717, 1.165) is 22.3 Å². The lowest BCUT2D eigenvalue weighted by Crippen LogP contribution is -2.34. The van der Waals surface area contributed by atoms with E-state index in [-0.39, 0.29) is 0 Å². The third-order valence-electron chi connectivity index (χ3n) is 3.78. The summed E-state index contributed by atoms with van der Waals surface area (Å²) >= 11 is 0. The molecule has 0 saturated carbocycles. The molecule has 0 radical (unpaired) electrons. The summed E-state index contributed by atoms with van der Waals surface area (Å²) in [5.41, 5.74) is 3.61. The van der Waals surface area contributed by atoms with Crippen molar-refractivity contribution in [3.8, 4) is 22.3 Å². The smallest absolute Gasteiger partial charge is 0.234 e. The molecule has 0 amide bonds. The second-order valence-electron chi connectivity index (χ2n) is 5.06. The first-order chi connectivity index (χ1) is 10.7. The molecule has 22 heavy (non-hydrogen) atoms. The molecule has 0 aromatic heterocycles. The third-order valence-corrected chi connectivity index (χ3v) is 3.78. The van der Waals surface area contributed by atoms with E-state index in [1.54, 1.807) is 12.2 Å². The van der Waals surface area contributed by atoms with Crippen LogP contribution in [0.5, 0.6) is 0 Å². The lowest BCUT2D eigenvalue weighted by atomic mass is 9.88. The van der Waals surface area contributed by atoms with Crippen molar-refractivity contribution >= 4 is 12.2 Å². The number of hydrogen-bond donors (Lipinski definition) is 0. The van der Waals surface area contributed by atoms with E-state index in [1.807, 2.05) is 48.5 Å². The Morgan fingerprint density at radius 3 is 1.18 bits per heavy atom. The summed E-state index contributed by atoms with van der Waals surface area (Å²) in [5, 5.41) is 0. The van der Waals surface area contributed by atoms with Gasteiger partial charge in [0.25, 0.3) is 0 Å². The van der Waals surface area contributed by atoms with Gasteiger partial charge < -0.3 is 0 Å². The maximum Gasteiger partial charge on any atom is 0.234 e. The minimum atomic E-state index is -0.422. The Labute approximate surface area is 128 Å². The summed E-state index contributed by atoms with van der Waals surface area (Å²) in [6.07, 6.45) is 3.47. The van der Waals surface area contributed by atoms with E-state index < -0.39 is 10.9 Å². The lowest BCUT2D eigenvalue weighted by molar-refractivity contribution is 1.40. The van der Waals surface area contributed by atoms with E-state index in [9.17, 15) is 9.59 Å². The van der Waals surface area contributed by atoms with Crippen LogP contribution >= 0.6 is 0 Å². The highest BCUT2D eigenvalue weighted by molar-refractivity contribution is 5.87. The zero-order valence-electron chi connectivity index (χ0n) is 12.0. The number of rotatable bonds is 4. The molecule has 0 spiro atoms. The van der Waals surface area contributed by atoms with Gasteiger partial charge >= 0.3 is 0 Å². The van der Waals surface area contributed by atoms with Gasteiger partial charge in [-0.15, -0.1) is 0 Å². The first kappa shape index (κ1) is 14.0. The van der Waals surface area contributed by atoms with Gasteiger partial charge in [-0.05, 0) is 22.3 Å². The van der Waals surface area contributed by atoms with Gasteiger partial charge in [0.15, 0.2) is 0 Å². The minimum absolute atomic E-state index is 0.422. The van der Waals surface area contributed by atoms with E-state index >= 15 is 0 Å². The van der Waals surface area contributed by atoms with Crippen LogP contribution < -0.4 is 10.9 Å². The Hall–Kier alpha value is -3.00. The zero-order chi connectivity index (χ0) is 15.7. The predicted octanol–water partition coefficient (Wildman–Crippen LogP) is 3.90. The van der Waals surface area contributed by atoms with Crippen molar-refractivity contribution in [1.82, 2.24) is 0 Å². The SMILES string of the molecule is C=Cc1ccc(-c2c(-c3ccc(C=C)cc3)c(=O)c2=O)cc1. The standard InChI is InChI=1S/C20H14O2/c1-3-13-5-9-15(10-6-13)17-18(20(22)19(17)21)16-11-7-14(4-2)8-12-16/h3-12H,1-2H2. The summed E-state index contributed by atoms with van der Waals surface area (Å²) in [6.45, 7) is 7.41. The zero-order valence-corrected chi connectivity index (χ0v) is 12.0. The molecule has 0 heterocycles. The molecule has 0 saturated heterocycles. The van der Waals surface area contributed by atoms with Crippen molar-refractivity contribution in [2.75, 3.05) is 0 Å². The largest absolute Gasteiger partial charge is 0.285 e. The monoisotopic (exact) mass is 286 g/mol. The molecule has 0 bridgehead atoms. The van der Waals surface area contributed by atoms with Gasteiger partial charge in [-0.3, -0.25) is 9.59 Å². The van der Waals surface area contributed by atoms with Gasteiger partial charge in [-0.25, -0.2) is 0 Å². The molecule has 3 rings (SSSR count). The third kappa shape index (κ3) is 2.15. The van der Waals surface area contributed by atoms with Crippen molar-refractivity contribution in [2.45, 2.75) is 0 Å². The van der Waals surface area contributed by atoms with Crippen LogP contribution in [0, 0.1) is 0 Å². The first-order valence-corrected chi connectivity index (χ1v) is 6.94. The Morgan fingerprint density at radius 2 is 0.909 bits per heavy atom. The predicted molar refractivity (Wildman–Crippen MR) is 92.4 cm³/mol. The molecule has 3 aromatic rings. The van der Waals surface area contributed by atoms with Crippen molar-refractivity contribution < 1.29 is 0 Å². The molecule has 2 heteroatoms. The van der Waals surface area contributed by atoms with Crippen molar-refractivity contribution in [1.29, 1.82) is 0 Å². The van der Waals surface area contributed by atoms with E-state index in [2.05, 4.69) is 13.2 Å². The molecule has 106 valence electrons. The summed E-state index contributed by atoms with van der Waals surface area (Å²) in [7, 11) is 0. The molecule has 0 aliphatic rings. The maximum absolute atomic E-state index is 12.0. The summed E-state index contributed by atoms with van der Waals surface area (Å²) < 4.78 is 0. The van der Waals surface area contributed by atoms with Crippen LogP contribution in [0.15, 0.2) is 71.3 Å². The topological polar surface area (TPSA) is 34.1 Å². The van der Waals surface area contributed by atoms with Gasteiger partial charge in [0.2, 0.25) is 10.9 Å². The fraction of sp³-hybridized carbons (Fsp3) is 0. The fourth-order valence-corrected chi connectivity index (χ4v) is 2.51. The quantitative estimate of drug-likeness (QED) is 0.682. The van der Waals surface area contributed by atoms with Gasteiger partial charge in [-0.1, -0.05) is 73.8 Å². The Balaban J connectivity index is 2.11. The van der Waals surface area contributed by atoms with Crippen LogP contribution in [0.2, 0.25) is 0 Å². The van der Waals surface area contributed by atoms with Crippen molar-refractivity contribution in [2.24, 2.45) is 0 Å². The molecule has 0 unspecified atom stereocenters. The molecule has 0 aliphatic heterocycles. The molecule has 0 atom stereocenters. The van der Waals surface area contributed by atoms with Crippen LogP contribution in [0.4, 0.5) is 0 Å². The molecular weight excluding hydrogens is 272 g/mol. The fourth-order valence-electron chi connectivity index (χ4n) is 2.51. The normalized spacial score (nSPS) is 10.5. The van der Waals surface area contributed by atoms with Crippen LogP contribution in [0.3, 0.4) is 0 Å². The summed E-state index contributed by atoms with van der Waals surface area (Å²) in [6, 6.07) is 14.9. The summed E-state index contributed by atoms with van der Waals surface area (Å²) in [4.78, 5) is 24.0. The Morgan fingerprint density at radius 1 is 0.591 bits per heavy atom. The van der Waals surface area contributed by atoms with Gasteiger partial charge in [0.1, 0.15) is 0 Å². The molecule has 0 fully saturated rings. The highest BCUT2D eigenvalue weighted by Gasteiger charge is 2.23. The van der Waals surface area contributed by atoms with Gasteiger partial charge in [0, 0.05) is 11.1 Å². The van der Waals surface area contributed by atoms with E-state index in [0.29, 0.717) is 11.1 Å². The summed E-state index contributed by atoms with van der Waals surface area (Å²) in [5.74, 6) is 0. The Bertz CT molecular complexity index is 840. The van der Waals surface area contributed by atoms with Gasteiger partial charge in [-0.2, -0.15) is 0 Å². The minimum Gasteiger partial charge on any atom is -0.285 e. The highest BCUT2D eigenvalue weighted by atomic mass is 16.2. The highest BCUT2D eigenvalue weighted by Crippen LogP contribution is 2.29. The van der Waals surface area contributed by atoms with Crippen molar-refractivity contribution in [3.05, 3.63) is 93.3 Å². The van der Waals surface area contributed by atoms with E-state index in [1.165, 1.54) is 0 Å². The first-order valence-electron chi connectivity index (χ1n) is 6.94. The Kier molecular flexibility index (Phi) is 3.43.